The Morgan fingerprint density at radius 3 is 2.54 bits per heavy atom. The van der Waals surface area contributed by atoms with E-state index >= 15 is 0 Å². The second-order valence-electron chi connectivity index (χ2n) is 8.49. The number of nitrogens with zero attached hydrogens (tertiary/aromatic N) is 1. The van der Waals surface area contributed by atoms with Crippen molar-refractivity contribution in [3.8, 4) is 22.8 Å². The van der Waals surface area contributed by atoms with E-state index < -0.39 is 0 Å². The summed E-state index contributed by atoms with van der Waals surface area (Å²) in [7, 11) is 0. The molecule has 2 aromatic heterocycles. The fraction of sp³-hybridized carbons (Fsp3) is 0.103. The Bertz CT molecular complexity index is 1550. The number of carbonyl (C=O) groups excluding carboxylic acids is 1. The third-order valence-corrected chi connectivity index (χ3v) is 6.27. The Hall–Kier alpha value is -4.09. The summed E-state index contributed by atoms with van der Waals surface area (Å²) in [4.78, 5) is 17.1. The number of oxazole rings is 1. The van der Waals surface area contributed by atoms with Gasteiger partial charge >= 0.3 is 0 Å². The quantitative estimate of drug-likeness (QED) is 0.258. The lowest BCUT2D eigenvalue weighted by Gasteiger charge is -2.03. The van der Waals surface area contributed by atoms with Gasteiger partial charge in [-0.3, -0.25) is 4.79 Å². The van der Waals surface area contributed by atoms with Crippen LogP contribution in [-0.4, -0.2) is 10.9 Å². The Labute approximate surface area is 208 Å². The minimum atomic E-state index is -0.276. The normalized spacial score (nSPS) is 11.4. The molecular weight excluding hydrogens is 460 g/mol. The smallest absolute Gasteiger partial charge is 0.248 e. The predicted octanol–water partition coefficient (Wildman–Crippen LogP) is 7.99. The average Bonchev–Trinajstić information content (AvgIpc) is 3.47. The molecule has 0 saturated heterocycles. The summed E-state index contributed by atoms with van der Waals surface area (Å²) < 4.78 is 11.8. The zero-order valence-electron chi connectivity index (χ0n) is 19.6. The molecule has 0 atom stereocenters. The molecule has 0 aliphatic carbocycles. The van der Waals surface area contributed by atoms with Gasteiger partial charge in [0, 0.05) is 27.9 Å². The van der Waals surface area contributed by atoms with Crippen molar-refractivity contribution in [1.29, 1.82) is 0 Å². The van der Waals surface area contributed by atoms with Crippen molar-refractivity contribution in [2.75, 3.05) is 5.32 Å². The molecule has 0 radical (unpaired) electrons. The molecule has 6 heteroatoms. The number of fused-ring (bicyclic) bond motifs is 1. The van der Waals surface area contributed by atoms with E-state index in [4.69, 9.17) is 20.4 Å². The van der Waals surface area contributed by atoms with Gasteiger partial charge in [0.15, 0.2) is 5.58 Å². The monoisotopic (exact) mass is 482 g/mol. The van der Waals surface area contributed by atoms with E-state index in [1.54, 1.807) is 6.08 Å². The van der Waals surface area contributed by atoms with Gasteiger partial charge in [0.05, 0.1) is 0 Å². The van der Waals surface area contributed by atoms with Gasteiger partial charge in [0.25, 0.3) is 0 Å². The standard InChI is InChI=1S/C29H23ClN2O3/c1-17-7-8-20(16-24(17)30)26-11-9-23(34-26)10-12-28(33)31-22-6-4-5-21(15-22)29-32-25-13-18(2)19(3)14-27(25)35-29/h4-16H,1-3H3,(H,31,33). The molecule has 35 heavy (non-hydrogen) atoms. The Balaban J connectivity index is 1.29. The lowest BCUT2D eigenvalue weighted by molar-refractivity contribution is -0.111. The van der Waals surface area contributed by atoms with Crippen LogP contribution in [0, 0.1) is 20.8 Å². The topological polar surface area (TPSA) is 68.3 Å². The molecule has 5 nitrogen and oxygen atoms in total. The molecule has 1 amide bonds. The van der Waals surface area contributed by atoms with Gasteiger partial charge < -0.3 is 14.2 Å². The van der Waals surface area contributed by atoms with E-state index in [-0.39, 0.29) is 5.91 Å². The zero-order valence-corrected chi connectivity index (χ0v) is 20.3. The molecule has 0 bridgehead atoms. The predicted molar refractivity (Wildman–Crippen MR) is 140 cm³/mol. The van der Waals surface area contributed by atoms with Gasteiger partial charge in [-0.1, -0.05) is 29.8 Å². The van der Waals surface area contributed by atoms with Crippen LogP contribution in [0.2, 0.25) is 5.02 Å². The highest BCUT2D eigenvalue weighted by atomic mass is 35.5. The number of hydrogen-bond acceptors (Lipinski definition) is 4. The molecule has 0 spiro atoms. The molecule has 174 valence electrons. The van der Waals surface area contributed by atoms with Crippen LogP contribution in [0.15, 0.2) is 81.6 Å². The fourth-order valence-corrected chi connectivity index (χ4v) is 3.90. The molecule has 2 heterocycles. The average molecular weight is 483 g/mol. The largest absolute Gasteiger partial charge is 0.457 e. The van der Waals surface area contributed by atoms with Gasteiger partial charge in [-0.05, 0) is 92.1 Å². The fourth-order valence-electron chi connectivity index (χ4n) is 3.72. The number of nitrogens with one attached hydrogen (secondary N) is 1. The third kappa shape index (κ3) is 4.91. The van der Waals surface area contributed by atoms with Crippen molar-refractivity contribution in [2.45, 2.75) is 20.8 Å². The summed E-state index contributed by atoms with van der Waals surface area (Å²) in [5, 5.41) is 3.55. The first-order valence-corrected chi connectivity index (χ1v) is 11.6. The third-order valence-electron chi connectivity index (χ3n) is 5.86. The summed E-state index contributed by atoms with van der Waals surface area (Å²) in [6.45, 7) is 6.04. The number of hydrogen-bond donors (Lipinski definition) is 1. The van der Waals surface area contributed by atoms with Gasteiger partial charge in [0.1, 0.15) is 17.0 Å². The minimum Gasteiger partial charge on any atom is -0.457 e. The number of halogens is 1. The number of benzene rings is 3. The van der Waals surface area contributed by atoms with Gasteiger partial charge in [-0.2, -0.15) is 0 Å². The molecule has 0 aliphatic rings. The van der Waals surface area contributed by atoms with Gasteiger partial charge in [-0.15, -0.1) is 0 Å². The first-order valence-electron chi connectivity index (χ1n) is 11.2. The highest BCUT2D eigenvalue weighted by Gasteiger charge is 2.11. The van der Waals surface area contributed by atoms with Crippen molar-refractivity contribution in [2.24, 2.45) is 0 Å². The second kappa shape index (κ2) is 9.28. The molecule has 0 saturated carbocycles. The summed E-state index contributed by atoms with van der Waals surface area (Å²) in [5.74, 6) is 1.49. The Morgan fingerprint density at radius 2 is 1.71 bits per heavy atom. The van der Waals surface area contributed by atoms with Gasteiger partial charge in [-0.25, -0.2) is 4.98 Å². The van der Waals surface area contributed by atoms with Crippen LogP contribution in [0.25, 0.3) is 40.0 Å². The van der Waals surface area contributed by atoms with E-state index in [9.17, 15) is 4.79 Å². The van der Waals surface area contributed by atoms with Crippen molar-refractivity contribution >= 4 is 40.4 Å². The van der Waals surface area contributed by atoms with Crippen molar-refractivity contribution in [3.05, 3.63) is 100 Å². The number of rotatable bonds is 5. The molecule has 0 aliphatic heterocycles. The first-order chi connectivity index (χ1) is 16.9. The minimum absolute atomic E-state index is 0.276. The maximum atomic E-state index is 12.5. The molecule has 0 unspecified atom stereocenters. The molecule has 5 aromatic rings. The van der Waals surface area contributed by atoms with Crippen molar-refractivity contribution in [1.82, 2.24) is 4.98 Å². The number of furan rings is 1. The van der Waals surface area contributed by atoms with E-state index in [0.29, 0.717) is 28.1 Å². The van der Waals surface area contributed by atoms with Crippen molar-refractivity contribution < 1.29 is 13.6 Å². The number of aromatic nitrogens is 1. The van der Waals surface area contributed by atoms with E-state index in [2.05, 4.69) is 17.2 Å². The number of carbonyl (C=O) groups is 1. The summed E-state index contributed by atoms with van der Waals surface area (Å²) >= 11 is 6.22. The lowest BCUT2D eigenvalue weighted by Crippen LogP contribution is -2.07. The maximum Gasteiger partial charge on any atom is 0.248 e. The molecule has 1 N–H and O–H groups in total. The zero-order chi connectivity index (χ0) is 24.5. The van der Waals surface area contributed by atoms with Gasteiger partial charge in [0.2, 0.25) is 11.8 Å². The van der Waals surface area contributed by atoms with E-state index in [1.165, 1.54) is 6.08 Å². The van der Waals surface area contributed by atoms with Crippen molar-refractivity contribution in [3.63, 3.8) is 0 Å². The molecule has 3 aromatic carbocycles. The second-order valence-corrected chi connectivity index (χ2v) is 8.90. The SMILES string of the molecule is Cc1cc2nc(-c3cccc(NC(=O)C=Cc4ccc(-c5ccc(C)c(Cl)c5)o4)c3)oc2cc1C. The highest BCUT2D eigenvalue weighted by Crippen LogP contribution is 2.29. The van der Waals surface area contributed by atoms with E-state index in [1.807, 2.05) is 80.6 Å². The van der Waals surface area contributed by atoms with Crippen LogP contribution in [0.4, 0.5) is 5.69 Å². The molecular formula is C29H23ClN2O3. The van der Waals surface area contributed by atoms with Crippen LogP contribution >= 0.6 is 11.6 Å². The van der Waals surface area contributed by atoms with Crippen LogP contribution < -0.4 is 5.32 Å². The Morgan fingerprint density at radius 1 is 0.886 bits per heavy atom. The highest BCUT2D eigenvalue weighted by molar-refractivity contribution is 6.31. The van der Waals surface area contributed by atoms with E-state index in [0.717, 1.165) is 38.9 Å². The number of aryl methyl sites for hydroxylation is 3. The van der Waals surface area contributed by atoms with Crippen LogP contribution in [-0.2, 0) is 4.79 Å². The summed E-state index contributed by atoms with van der Waals surface area (Å²) in [6.07, 6.45) is 3.06. The summed E-state index contributed by atoms with van der Waals surface area (Å²) in [5.41, 5.74) is 7.18. The number of amides is 1. The molecule has 0 fully saturated rings. The van der Waals surface area contributed by atoms with Crippen LogP contribution in [0.5, 0.6) is 0 Å². The molecule has 5 rings (SSSR count). The maximum absolute atomic E-state index is 12.5. The lowest BCUT2D eigenvalue weighted by atomic mass is 10.1. The van der Waals surface area contributed by atoms with Crippen LogP contribution in [0.1, 0.15) is 22.5 Å². The van der Waals surface area contributed by atoms with Crippen LogP contribution in [0.3, 0.4) is 0 Å². The first kappa shape index (κ1) is 22.7. The number of anilines is 1. The summed E-state index contributed by atoms with van der Waals surface area (Å²) in [6, 6.07) is 20.8. The Kier molecular flexibility index (Phi) is 6.01.